The van der Waals surface area contributed by atoms with Crippen molar-refractivity contribution in [1.29, 1.82) is 0 Å². The lowest BCUT2D eigenvalue weighted by molar-refractivity contribution is -0.452. The van der Waals surface area contributed by atoms with Crippen molar-refractivity contribution in [1.82, 2.24) is 0 Å². The molecule has 0 atom stereocenters. The van der Waals surface area contributed by atoms with E-state index in [1.807, 2.05) is 27.0 Å². The number of nitrogens with one attached hydrogen (secondary N) is 1. The third-order valence-electron chi connectivity index (χ3n) is 0.729. The fourth-order valence-electron chi connectivity index (χ4n) is 0.348. The molecule has 9 heavy (non-hydrogen) atoms. The Kier molecular flexibility index (Phi) is 19.9. The van der Waals surface area contributed by atoms with Crippen LogP contribution in [0.4, 0.5) is 0 Å². The second-order valence-electron chi connectivity index (χ2n) is 1.39. The molecule has 0 saturated carbocycles. The summed E-state index contributed by atoms with van der Waals surface area (Å²) in [7, 11) is 0. The SMILES string of the molecule is CC.CC=[NH+]CCCN. The Labute approximate surface area is 58.2 Å². The minimum absolute atomic E-state index is 0.779. The zero-order chi connectivity index (χ0) is 7.54. The van der Waals surface area contributed by atoms with Crippen molar-refractivity contribution in [2.75, 3.05) is 13.1 Å². The minimum Gasteiger partial charge on any atom is -0.330 e. The van der Waals surface area contributed by atoms with Gasteiger partial charge in [-0.15, -0.1) is 0 Å². The highest BCUT2D eigenvalue weighted by atomic mass is 14.7. The monoisotopic (exact) mass is 131 g/mol. The molecule has 0 aliphatic carbocycles. The molecule has 0 aliphatic heterocycles. The molecule has 0 amide bonds. The van der Waals surface area contributed by atoms with Crippen molar-refractivity contribution in [3.05, 3.63) is 0 Å². The molecule has 0 unspecified atom stereocenters. The van der Waals surface area contributed by atoms with Gasteiger partial charge in [0.05, 0.1) is 0 Å². The van der Waals surface area contributed by atoms with E-state index in [4.69, 9.17) is 5.73 Å². The smallest absolute Gasteiger partial charge is 0.141 e. The van der Waals surface area contributed by atoms with Crippen molar-refractivity contribution >= 4 is 6.21 Å². The lowest BCUT2D eigenvalue weighted by Gasteiger charge is -1.80. The zero-order valence-electron chi connectivity index (χ0n) is 6.78. The Balaban J connectivity index is 0. The van der Waals surface area contributed by atoms with Gasteiger partial charge < -0.3 is 5.73 Å². The van der Waals surface area contributed by atoms with Crippen LogP contribution < -0.4 is 10.7 Å². The number of hydrogen-bond donors (Lipinski definition) is 2. The lowest BCUT2D eigenvalue weighted by atomic mass is 10.4. The summed E-state index contributed by atoms with van der Waals surface area (Å²) < 4.78 is 0. The number of rotatable bonds is 3. The Hall–Kier alpha value is -0.370. The maximum atomic E-state index is 5.22. The quantitative estimate of drug-likeness (QED) is 0.394. The van der Waals surface area contributed by atoms with Gasteiger partial charge in [0, 0.05) is 13.3 Å². The Morgan fingerprint density at radius 3 is 2.33 bits per heavy atom. The summed E-state index contributed by atoms with van der Waals surface area (Å²) in [5.41, 5.74) is 5.22. The second-order valence-corrected chi connectivity index (χ2v) is 1.39. The van der Waals surface area contributed by atoms with E-state index in [2.05, 4.69) is 4.99 Å². The summed E-state index contributed by atoms with van der Waals surface area (Å²) in [6.07, 6.45) is 2.99. The van der Waals surface area contributed by atoms with Crippen LogP contribution in [0.1, 0.15) is 27.2 Å². The molecule has 0 bridgehead atoms. The van der Waals surface area contributed by atoms with Gasteiger partial charge in [0.25, 0.3) is 0 Å². The predicted octanol–water partition coefficient (Wildman–Crippen LogP) is -0.467. The van der Waals surface area contributed by atoms with Crippen molar-refractivity contribution in [2.24, 2.45) is 5.73 Å². The highest BCUT2D eigenvalue weighted by molar-refractivity contribution is 5.45. The Morgan fingerprint density at radius 1 is 1.44 bits per heavy atom. The van der Waals surface area contributed by atoms with Crippen LogP contribution in [0.25, 0.3) is 0 Å². The van der Waals surface area contributed by atoms with Gasteiger partial charge in [-0.1, -0.05) is 13.8 Å². The van der Waals surface area contributed by atoms with Crippen LogP contribution in [-0.4, -0.2) is 19.3 Å². The fourth-order valence-corrected chi connectivity index (χ4v) is 0.348. The molecule has 0 aromatic heterocycles. The van der Waals surface area contributed by atoms with Crippen LogP contribution in [0.5, 0.6) is 0 Å². The van der Waals surface area contributed by atoms with Crippen molar-refractivity contribution in [2.45, 2.75) is 27.2 Å². The molecule has 0 fully saturated rings. The molecule has 0 aliphatic rings. The van der Waals surface area contributed by atoms with Crippen LogP contribution in [-0.2, 0) is 0 Å². The summed E-state index contributed by atoms with van der Waals surface area (Å²) in [4.78, 5) is 3.04. The largest absolute Gasteiger partial charge is 0.330 e. The summed E-state index contributed by atoms with van der Waals surface area (Å²) in [5.74, 6) is 0. The van der Waals surface area contributed by atoms with Crippen LogP contribution in [0, 0.1) is 0 Å². The zero-order valence-corrected chi connectivity index (χ0v) is 6.78. The molecular weight excluding hydrogens is 112 g/mol. The average Bonchev–Trinajstić information content (AvgIpc) is 1.94. The van der Waals surface area contributed by atoms with E-state index in [1.165, 1.54) is 0 Å². The first-order valence-corrected chi connectivity index (χ1v) is 3.63. The van der Waals surface area contributed by atoms with Gasteiger partial charge >= 0.3 is 0 Å². The van der Waals surface area contributed by atoms with E-state index >= 15 is 0 Å². The fraction of sp³-hybridized carbons (Fsp3) is 0.857. The summed E-state index contributed by atoms with van der Waals surface area (Å²) in [6.45, 7) is 7.75. The van der Waals surface area contributed by atoms with Crippen molar-refractivity contribution in [3.63, 3.8) is 0 Å². The molecule has 2 heteroatoms. The molecule has 0 rings (SSSR count). The predicted molar refractivity (Wildman–Crippen MR) is 42.6 cm³/mol. The topological polar surface area (TPSA) is 40.0 Å². The van der Waals surface area contributed by atoms with Gasteiger partial charge in [0.15, 0.2) is 0 Å². The average molecular weight is 131 g/mol. The van der Waals surface area contributed by atoms with E-state index < -0.39 is 0 Å². The third kappa shape index (κ3) is 18.4. The summed E-state index contributed by atoms with van der Waals surface area (Å²) >= 11 is 0. The van der Waals surface area contributed by atoms with Crippen LogP contribution in [0.3, 0.4) is 0 Å². The number of hydrogen-bond acceptors (Lipinski definition) is 1. The van der Waals surface area contributed by atoms with Crippen molar-refractivity contribution < 1.29 is 4.99 Å². The molecule has 0 radical (unpaired) electrons. The molecule has 2 nitrogen and oxygen atoms in total. The van der Waals surface area contributed by atoms with Gasteiger partial charge in [-0.05, 0) is 6.54 Å². The molecular formula is C7H19N2+. The Bertz CT molecular complexity index is 50.9. The first-order valence-electron chi connectivity index (χ1n) is 3.63. The minimum atomic E-state index is 0.779. The summed E-state index contributed by atoms with van der Waals surface area (Å²) in [5, 5.41) is 0. The molecule has 0 saturated heterocycles. The highest BCUT2D eigenvalue weighted by Crippen LogP contribution is 1.57. The van der Waals surface area contributed by atoms with Gasteiger partial charge in [-0.3, -0.25) is 4.99 Å². The second kappa shape index (κ2) is 15.6. The van der Waals surface area contributed by atoms with Gasteiger partial charge in [0.1, 0.15) is 12.8 Å². The highest BCUT2D eigenvalue weighted by Gasteiger charge is 1.78. The standard InChI is InChI=1S/C5H12N2.C2H6/c1-2-7-5-3-4-6;1-2/h2H,3-6H2,1H3;1-2H3/p+1. The molecule has 3 N–H and O–H groups in total. The van der Waals surface area contributed by atoms with E-state index in [0.717, 1.165) is 19.5 Å². The Morgan fingerprint density at radius 2 is 2.00 bits per heavy atom. The molecule has 0 aromatic rings. The first kappa shape index (κ1) is 11.4. The molecule has 0 spiro atoms. The number of nitrogens with two attached hydrogens (primary N) is 1. The molecule has 0 aromatic carbocycles. The lowest BCUT2D eigenvalue weighted by Crippen LogP contribution is -2.68. The van der Waals surface area contributed by atoms with Gasteiger partial charge in [-0.25, -0.2) is 0 Å². The first-order chi connectivity index (χ1) is 4.41. The van der Waals surface area contributed by atoms with E-state index in [-0.39, 0.29) is 0 Å². The molecule has 0 heterocycles. The van der Waals surface area contributed by atoms with Crippen LogP contribution in [0.2, 0.25) is 0 Å². The maximum Gasteiger partial charge on any atom is 0.141 e. The van der Waals surface area contributed by atoms with E-state index in [1.54, 1.807) is 0 Å². The summed E-state index contributed by atoms with van der Waals surface area (Å²) in [6, 6.07) is 0. The van der Waals surface area contributed by atoms with Crippen molar-refractivity contribution in [3.8, 4) is 0 Å². The molecule has 56 valence electrons. The van der Waals surface area contributed by atoms with E-state index in [0.29, 0.717) is 0 Å². The van der Waals surface area contributed by atoms with Gasteiger partial charge in [0.2, 0.25) is 0 Å². The van der Waals surface area contributed by atoms with Crippen LogP contribution in [0.15, 0.2) is 0 Å². The third-order valence-corrected chi connectivity index (χ3v) is 0.729. The normalized spacial score (nSPS) is 8.89. The van der Waals surface area contributed by atoms with Crippen LogP contribution >= 0.6 is 0 Å². The van der Waals surface area contributed by atoms with E-state index in [9.17, 15) is 0 Å². The van der Waals surface area contributed by atoms with Gasteiger partial charge in [-0.2, -0.15) is 0 Å². The maximum absolute atomic E-state index is 5.22.